The minimum absolute atomic E-state index is 0.0623. The fraction of sp³-hybridized carbons (Fsp3) is 0.222. The van der Waals surface area contributed by atoms with Crippen LogP contribution in [0.1, 0.15) is 40.7 Å². The standard InChI is InChI=1S/C18H16N2O4/c1-2-3-10-24-18(23)14-9-7-12-5-4-11-6-8-13(17(21)22)19-15(11)16(12)20-14/h4-9H,2-3,10H2,1H3,(H,21,22). The van der Waals surface area contributed by atoms with Crippen molar-refractivity contribution < 1.29 is 19.4 Å². The second-order valence-electron chi connectivity index (χ2n) is 5.40. The van der Waals surface area contributed by atoms with Gasteiger partial charge in [0.15, 0.2) is 0 Å². The molecule has 0 saturated carbocycles. The second kappa shape index (κ2) is 6.62. The van der Waals surface area contributed by atoms with Gasteiger partial charge in [-0.05, 0) is 18.6 Å². The average Bonchev–Trinajstić information content (AvgIpc) is 2.60. The van der Waals surface area contributed by atoms with Crippen molar-refractivity contribution in [1.82, 2.24) is 9.97 Å². The maximum Gasteiger partial charge on any atom is 0.356 e. The van der Waals surface area contributed by atoms with Crippen molar-refractivity contribution in [1.29, 1.82) is 0 Å². The number of rotatable bonds is 5. The molecule has 0 spiro atoms. The van der Waals surface area contributed by atoms with Gasteiger partial charge in [-0.2, -0.15) is 0 Å². The van der Waals surface area contributed by atoms with Crippen molar-refractivity contribution in [2.45, 2.75) is 19.8 Å². The molecular weight excluding hydrogens is 308 g/mol. The summed E-state index contributed by atoms with van der Waals surface area (Å²) in [4.78, 5) is 31.7. The number of benzene rings is 1. The number of hydrogen-bond acceptors (Lipinski definition) is 5. The smallest absolute Gasteiger partial charge is 0.356 e. The summed E-state index contributed by atoms with van der Waals surface area (Å²) in [6, 6.07) is 10.2. The van der Waals surface area contributed by atoms with Gasteiger partial charge in [-0.25, -0.2) is 19.6 Å². The van der Waals surface area contributed by atoms with Crippen LogP contribution in [-0.4, -0.2) is 33.6 Å². The highest BCUT2D eigenvalue weighted by Crippen LogP contribution is 2.23. The number of fused-ring (bicyclic) bond motifs is 3. The molecule has 0 aliphatic carbocycles. The van der Waals surface area contributed by atoms with Crippen LogP contribution < -0.4 is 0 Å². The normalized spacial score (nSPS) is 10.9. The van der Waals surface area contributed by atoms with E-state index in [1.807, 2.05) is 19.1 Å². The molecule has 0 radical (unpaired) electrons. The molecule has 6 heteroatoms. The number of unbranched alkanes of at least 4 members (excludes halogenated alkanes) is 1. The molecule has 0 amide bonds. The quantitative estimate of drug-likeness (QED) is 0.439. The Morgan fingerprint density at radius 3 is 2.08 bits per heavy atom. The van der Waals surface area contributed by atoms with Gasteiger partial charge in [0.2, 0.25) is 0 Å². The zero-order chi connectivity index (χ0) is 17.1. The number of esters is 1. The van der Waals surface area contributed by atoms with Crippen molar-refractivity contribution in [3.05, 3.63) is 47.8 Å². The van der Waals surface area contributed by atoms with Crippen LogP contribution in [-0.2, 0) is 4.74 Å². The van der Waals surface area contributed by atoms with E-state index in [1.165, 1.54) is 6.07 Å². The Kier molecular flexibility index (Phi) is 4.37. The lowest BCUT2D eigenvalue weighted by Gasteiger charge is -2.07. The highest BCUT2D eigenvalue weighted by atomic mass is 16.5. The van der Waals surface area contributed by atoms with Crippen LogP contribution in [0.2, 0.25) is 0 Å². The van der Waals surface area contributed by atoms with E-state index in [2.05, 4.69) is 9.97 Å². The number of nitrogens with zero attached hydrogens (tertiary/aromatic N) is 2. The Morgan fingerprint density at radius 1 is 0.958 bits per heavy atom. The number of carbonyl (C=O) groups excluding carboxylic acids is 1. The van der Waals surface area contributed by atoms with E-state index in [9.17, 15) is 9.59 Å². The first-order valence-corrected chi connectivity index (χ1v) is 7.71. The van der Waals surface area contributed by atoms with Crippen molar-refractivity contribution in [2.75, 3.05) is 6.61 Å². The van der Waals surface area contributed by atoms with Crippen molar-refractivity contribution in [2.24, 2.45) is 0 Å². The molecule has 122 valence electrons. The van der Waals surface area contributed by atoms with E-state index in [-0.39, 0.29) is 11.4 Å². The van der Waals surface area contributed by atoms with Crippen LogP contribution >= 0.6 is 0 Å². The first-order valence-electron chi connectivity index (χ1n) is 7.71. The molecule has 0 fully saturated rings. The molecule has 0 bridgehead atoms. The van der Waals surface area contributed by atoms with E-state index in [4.69, 9.17) is 9.84 Å². The predicted octanol–water partition coefficient (Wildman–Crippen LogP) is 3.44. The topological polar surface area (TPSA) is 89.4 Å². The van der Waals surface area contributed by atoms with Crippen LogP contribution in [0.4, 0.5) is 0 Å². The van der Waals surface area contributed by atoms with Crippen LogP contribution in [0.15, 0.2) is 36.4 Å². The summed E-state index contributed by atoms with van der Waals surface area (Å²) >= 11 is 0. The third kappa shape index (κ3) is 3.03. The Morgan fingerprint density at radius 2 is 1.50 bits per heavy atom. The van der Waals surface area contributed by atoms with Crippen LogP contribution in [0.25, 0.3) is 21.8 Å². The van der Waals surface area contributed by atoms with E-state index in [0.29, 0.717) is 17.6 Å². The molecule has 0 aliphatic rings. The number of hydrogen-bond donors (Lipinski definition) is 1. The first kappa shape index (κ1) is 15.9. The van der Waals surface area contributed by atoms with Gasteiger partial charge in [0.25, 0.3) is 0 Å². The number of carboxylic acid groups (broad SMARTS) is 1. The summed E-state index contributed by atoms with van der Waals surface area (Å²) in [6.07, 6.45) is 1.73. The molecule has 3 rings (SSSR count). The molecule has 0 saturated heterocycles. The van der Waals surface area contributed by atoms with Crippen LogP contribution in [0, 0.1) is 0 Å². The molecule has 24 heavy (non-hydrogen) atoms. The maximum atomic E-state index is 12.1. The van der Waals surface area contributed by atoms with Gasteiger partial charge < -0.3 is 9.84 Å². The average molecular weight is 324 g/mol. The van der Waals surface area contributed by atoms with Gasteiger partial charge in [0.1, 0.15) is 11.4 Å². The molecule has 1 N–H and O–H groups in total. The summed E-state index contributed by atoms with van der Waals surface area (Å²) in [5.74, 6) is -1.60. The third-order valence-electron chi connectivity index (χ3n) is 3.68. The van der Waals surface area contributed by atoms with Gasteiger partial charge in [-0.15, -0.1) is 0 Å². The Balaban J connectivity index is 2.09. The number of pyridine rings is 2. The van der Waals surface area contributed by atoms with Crippen molar-refractivity contribution in [3.8, 4) is 0 Å². The predicted molar refractivity (Wildman–Crippen MR) is 89.2 cm³/mol. The summed E-state index contributed by atoms with van der Waals surface area (Å²) in [5, 5.41) is 10.7. The number of carboxylic acids is 1. The molecule has 6 nitrogen and oxygen atoms in total. The van der Waals surface area contributed by atoms with Crippen molar-refractivity contribution >= 4 is 33.7 Å². The lowest BCUT2D eigenvalue weighted by Crippen LogP contribution is -2.08. The first-order chi connectivity index (χ1) is 11.6. The van der Waals surface area contributed by atoms with Gasteiger partial charge in [0, 0.05) is 10.8 Å². The molecule has 2 heterocycles. The monoisotopic (exact) mass is 324 g/mol. The fourth-order valence-electron chi connectivity index (χ4n) is 2.38. The molecule has 0 atom stereocenters. The fourth-order valence-corrected chi connectivity index (χ4v) is 2.38. The van der Waals surface area contributed by atoms with Gasteiger partial charge in [-0.1, -0.05) is 37.6 Å². The van der Waals surface area contributed by atoms with E-state index in [1.54, 1.807) is 18.2 Å². The molecule has 3 aromatic rings. The van der Waals surface area contributed by atoms with Gasteiger partial charge >= 0.3 is 11.9 Å². The molecule has 1 aromatic carbocycles. The highest BCUT2D eigenvalue weighted by Gasteiger charge is 2.13. The maximum absolute atomic E-state index is 12.1. The van der Waals surface area contributed by atoms with Gasteiger partial charge in [-0.3, -0.25) is 0 Å². The number of aromatic carboxylic acids is 1. The van der Waals surface area contributed by atoms with E-state index >= 15 is 0 Å². The molecule has 0 unspecified atom stereocenters. The minimum atomic E-state index is -1.11. The van der Waals surface area contributed by atoms with Crippen LogP contribution in [0.5, 0.6) is 0 Å². The Bertz CT molecular complexity index is 937. The van der Waals surface area contributed by atoms with E-state index < -0.39 is 11.9 Å². The summed E-state index contributed by atoms with van der Waals surface area (Å²) in [7, 11) is 0. The van der Waals surface area contributed by atoms with Crippen molar-refractivity contribution in [3.63, 3.8) is 0 Å². The van der Waals surface area contributed by atoms with Gasteiger partial charge in [0.05, 0.1) is 17.6 Å². The largest absolute Gasteiger partial charge is 0.477 e. The second-order valence-corrected chi connectivity index (χ2v) is 5.40. The van der Waals surface area contributed by atoms with Crippen LogP contribution in [0.3, 0.4) is 0 Å². The zero-order valence-electron chi connectivity index (χ0n) is 13.2. The summed E-state index contributed by atoms with van der Waals surface area (Å²) < 4.78 is 5.18. The Labute approximate surface area is 138 Å². The third-order valence-corrected chi connectivity index (χ3v) is 3.68. The van der Waals surface area contributed by atoms with E-state index in [0.717, 1.165) is 23.6 Å². The highest BCUT2D eigenvalue weighted by molar-refractivity contribution is 6.05. The summed E-state index contributed by atoms with van der Waals surface area (Å²) in [5.41, 5.74) is 1.07. The Hall–Kier alpha value is -3.02. The number of carbonyl (C=O) groups is 2. The molecule has 0 aliphatic heterocycles. The summed E-state index contributed by atoms with van der Waals surface area (Å²) in [6.45, 7) is 2.37. The number of ether oxygens (including phenoxy) is 1. The number of aromatic nitrogens is 2. The lowest BCUT2D eigenvalue weighted by molar-refractivity contribution is 0.0493. The lowest BCUT2D eigenvalue weighted by atomic mass is 10.1. The molecule has 2 aromatic heterocycles. The molecular formula is C18H16N2O4. The zero-order valence-corrected chi connectivity index (χ0v) is 13.2. The SMILES string of the molecule is CCCCOC(=O)c1ccc2ccc3ccc(C(=O)O)nc3c2n1. The minimum Gasteiger partial charge on any atom is -0.477 e.